The summed E-state index contributed by atoms with van der Waals surface area (Å²) in [6, 6.07) is 4.28. The Labute approximate surface area is 116 Å². The van der Waals surface area contributed by atoms with Gasteiger partial charge >= 0.3 is 0 Å². The number of rotatable bonds is 3. The molecule has 0 unspecified atom stereocenters. The molecule has 0 spiro atoms. The number of nitrogens with zero attached hydrogens (tertiary/aromatic N) is 1. The lowest BCUT2D eigenvalue weighted by Crippen LogP contribution is -2.22. The zero-order valence-electron chi connectivity index (χ0n) is 9.54. The molecule has 2 rings (SSSR count). The van der Waals surface area contributed by atoms with E-state index in [0.29, 0.717) is 16.6 Å². The molecule has 1 aromatic carbocycles. The summed E-state index contributed by atoms with van der Waals surface area (Å²) in [5.74, 6) is -0.762. The first kappa shape index (κ1) is 13.2. The normalized spacial score (nSPS) is 10.4. The minimum absolute atomic E-state index is 0.295. The molecule has 1 N–H and O–H groups in total. The second kappa shape index (κ2) is 5.58. The number of amides is 1. The van der Waals surface area contributed by atoms with Gasteiger partial charge in [0.15, 0.2) is 0 Å². The van der Waals surface area contributed by atoms with E-state index in [2.05, 4.69) is 26.2 Å². The van der Waals surface area contributed by atoms with E-state index < -0.39 is 5.82 Å². The highest BCUT2D eigenvalue weighted by Crippen LogP contribution is 2.16. The molecular formula is C12H10BrFN2OS. The van der Waals surface area contributed by atoms with Gasteiger partial charge in [0, 0.05) is 16.6 Å². The van der Waals surface area contributed by atoms with Crippen LogP contribution < -0.4 is 5.32 Å². The van der Waals surface area contributed by atoms with Gasteiger partial charge in [-0.25, -0.2) is 9.37 Å². The zero-order valence-corrected chi connectivity index (χ0v) is 11.9. The van der Waals surface area contributed by atoms with Gasteiger partial charge in [0.2, 0.25) is 0 Å². The molecule has 6 heteroatoms. The number of carbonyl (C=O) groups is 1. The fraction of sp³-hybridized carbons (Fsp3) is 0.167. The van der Waals surface area contributed by atoms with Crippen molar-refractivity contribution < 1.29 is 9.18 Å². The minimum atomic E-state index is -0.451. The van der Waals surface area contributed by atoms with Crippen LogP contribution in [0, 0.1) is 12.7 Å². The van der Waals surface area contributed by atoms with E-state index in [9.17, 15) is 9.18 Å². The first-order chi connectivity index (χ1) is 8.56. The summed E-state index contributed by atoms with van der Waals surface area (Å²) in [5, 5.41) is 5.45. The van der Waals surface area contributed by atoms with Crippen molar-refractivity contribution >= 4 is 33.2 Å². The first-order valence-corrected chi connectivity index (χ1v) is 6.88. The number of halogens is 2. The third-order valence-electron chi connectivity index (χ3n) is 2.25. The van der Waals surface area contributed by atoms with E-state index in [1.165, 1.54) is 23.5 Å². The Hall–Kier alpha value is -1.27. The SMILES string of the molecule is Cc1csc(CNC(=O)c2ccc(Br)c(F)c2)n1. The van der Waals surface area contributed by atoms with E-state index in [4.69, 9.17) is 0 Å². The lowest BCUT2D eigenvalue weighted by Gasteiger charge is -2.04. The molecule has 1 amide bonds. The smallest absolute Gasteiger partial charge is 0.251 e. The molecule has 0 saturated heterocycles. The average molecular weight is 329 g/mol. The van der Waals surface area contributed by atoms with Crippen LogP contribution in [0.25, 0.3) is 0 Å². The Morgan fingerprint density at radius 3 is 2.94 bits per heavy atom. The van der Waals surface area contributed by atoms with E-state index in [0.717, 1.165) is 10.7 Å². The predicted octanol–water partition coefficient (Wildman–Crippen LogP) is 3.28. The molecule has 0 bridgehead atoms. The summed E-state index contributed by atoms with van der Waals surface area (Å²) >= 11 is 4.53. The number of hydrogen-bond acceptors (Lipinski definition) is 3. The van der Waals surface area contributed by atoms with Gasteiger partial charge in [-0.3, -0.25) is 4.79 Å². The summed E-state index contributed by atoms with van der Waals surface area (Å²) < 4.78 is 13.6. The number of aryl methyl sites for hydroxylation is 1. The Bertz CT molecular complexity index is 585. The highest BCUT2D eigenvalue weighted by molar-refractivity contribution is 9.10. The van der Waals surface area contributed by atoms with Crippen LogP contribution in [0.5, 0.6) is 0 Å². The van der Waals surface area contributed by atoms with Gasteiger partial charge in [0.1, 0.15) is 10.8 Å². The quantitative estimate of drug-likeness (QED) is 0.939. The van der Waals surface area contributed by atoms with Gasteiger partial charge in [0.25, 0.3) is 5.91 Å². The molecular weight excluding hydrogens is 319 g/mol. The minimum Gasteiger partial charge on any atom is -0.346 e. The van der Waals surface area contributed by atoms with E-state index in [-0.39, 0.29) is 5.91 Å². The van der Waals surface area contributed by atoms with Crippen molar-refractivity contribution in [3.05, 3.63) is 50.1 Å². The van der Waals surface area contributed by atoms with Crippen LogP contribution in [0.15, 0.2) is 28.1 Å². The molecule has 0 fully saturated rings. The number of carbonyl (C=O) groups excluding carboxylic acids is 1. The van der Waals surface area contributed by atoms with Gasteiger partial charge in [-0.05, 0) is 41.1 Å². The summed E-state index contributed by atoms with van der Waals surface area (Å²) in [6.45, 7) is 2.25. The third-order valence-corrected chi connectivity index (χ3v) is 3.86. The Morgan fingerprint density at radius 2 is 2.33 bits per heavy atom. The molecule has 1 heterocycles. The van der Waals surface area contributed by atoms with Gasteiger partial charge < -0.3 is 5.32 Å². The maximum Gasteiger partial charge on any atom is 0.251 e. The Kier molecular flexibility index (Phi) is 4.08. The van der Waals surface area contributed by atoms with Crippen LogP contribution in [0.1, 0.15) is 21.1 Å². The second-order valence-electron chi connectivity index (χ2n) is 3.69. The van der Waals surface area contributed by atoms with Crippen LogP contribution >= 0.6 is 27.3 Å². The number of benzene rings is 1. The molecule has 0 atom stereocenters. The summed E-state index contributed by atoms with van der Waals surface area (Å²) in [5.41, 5.74) is 1.22. The third kappa shape index (κ3) is 3.14. The molecule has 1 aromatic heterocycles. The number of nitrogens with one attached hydrogen (secondary N) is 1. The summed E-state index contributed by atoms with van der Waals surface area (Å²) in [4.78, 5) is 16.0. The van der Waals surface area contributed by atoms with Crippen molar-refractivity contribution in [2.24, 2.45) is 0 Å². The Morgan fingerprint density at radius 1 is 1.56 bits per heavy atom. The van der Waals surface area contributed by atoms with Crippen LogP contribution in [0.3, 0.4) is 0 Å². The molecule has 2 aromatic rings. The van der Waals surface area contributed by atoms with Crippen molar-refractivity contribution in [1.82, 2.24) is 10.3 Å². The van der Waals surface area contributed by atoms with Crippen LogP contribution in [0.2, 0.25) is 0 Å². The van der Waals surface area contributed by atoms with Crippen molar-refractivity contribution in [2.75, 3.05) is 0 Å². The van der Waals surface area contributed by atoms with Crippen molar-refractivity contribution in [3.63, 3.8) is 0 Å². The highest BCUT2D eigenvalue weighted by Gasteiger charge is 2.09. The van der Waals surface area contributed by atoms with Gasteiger partial charge in [-0.1, -0.05) is 0 Å². The van der Waals surface area contributed by atoms with Gasteiger partial charge in [0.05, 0.1) is 11.0 Å². The highest BCUT2D eigenvalue weighted by atomic mass is 79.9. The predicted molar refractivity (Wildman–Crippen MR) is 72.1 cm³/mol. The summed E-state index contributed by atoms with van der Waals surface area (Å²) in [7, 11) is 0. The number of aromatic nitrogens is 1. The molecule has 0 aliphatic rings. The number of thiazole rings is 1. The fourth-order valence-corrected chi connectivity index (χ4v) is 2.34. The standard InChI is InChI=1S/C12H10BrFN2OS/c1-7-6-18-11(16-7)5-15-12(17)8-2-3-9(13)10(14)4-8/h2-4,6H,5H2,1H3,(H,15,17). The van der Waals surface area contributed by atoms with Crippen molar-refractivity contribution in [2.45, 2.75) is 13.5 Å². The molecule has 0 aliphatic carbocycles. The van der Waals surface area contributed by atoms with Gasteiger partial charge in [-0.2, -0.15) is 0 Å². The van der Waals surface area contributed by atoms with E-state index in [1.807, 2.05) is 12.3 Å². The summed E-state index contributed by atoms with van der Waals surface area (Å²) in [6.07, 6.45) is 0. The zero-order chi connectivity index (χ0) is 13.1. The van der Waals surface area contributed by atoms with Crippen molar-refractivity contribution in [1.29, 1.82) is 0 Å². The maximum absolute atomic E-state index is 13.3. The van der Waals surface area contributed by atoms with E-state index in [1.54, 1.807) is 6.07 Å². The van der Waals surface area contributed by atoms with E-state index >= 15 is 0 Å². The topological polar surface area (TPSA) is 42.0 Å². The second-order valence-corrected chi connectivity index (χ2v) is 5.49. The van der Waals surface area contributed by atoms with Crippen LogP contribution in [-0.4, -0.2) is 10.9 Å². The maximum atomic E-state index is 13.3. The molecule has 0 saturated carbocycles. The van der Waals surface area contributed by atoms with Crippen LogP contribution in [0.4, 0.5) is 4.39 Å². The van der Waals surface area contributed by atoms with Gasteiger partial charge in [-0.15, -0.1) is 11.3 Å². The fourth-order valence-electron chi connectivity index (χ4n) is 1.38. The monoisotopic (exact) mass is 328 g/mol. The lowest BCUT2D eigenvalue weighted by atomic mass is 10.2. The van der Waals surface area contributed by atoms with Crippen LogP contribution in [-0.2, 0) is 6.54 Å². The lowest BCUT2D eigenvalue weighted by molar-refractivity contribution is 0.0950. The molecule has 0 aliphatic heterocycles. The Balaban J connectivity index is 2.01. The molecule has 94 valence electrons. The first-order valence-electron chi connectivity index (χ1n) is 5.20. The largest absolute Gasteiger partial charge is 0.346 e. The number of hydrogen-bond donors (Lipinski definition) is 1. The molecule has 18 heavy (non-hydrogen) atoms. The molecule has 3 nitrogen and oxygen atoms in total. The molecule has 0 radical (unpaired) electrons. The average Bonchev–Trinajstić information content (AvgIpc) is 2.75. The van der Waals surface area contributed by atoms with Crippen molar-refractivity contribution in [3.8, 4) is 0 Å².